The molecule has 4 rings (SSSR count). The highest BCUT2D eigenvalue weighted by Crippen LogP contribution is 2.34. The normalized spacial score (nSPS) is 11.8. The summed E-state index contributed by atoms with van der Waals surface area (Å²) in [6.45, 7) is 1.91. The standard InChI is InChI=1S/C18H12N3O3PS3/c1-11-10-27-16-15(11)20-17(12-6-8-19-9-7-12)21-18(16)24-28(22,23)14-4-2-13(25-26)3-5-14/h2-10H,1H3. The number of hydrogen-bond acceptors (Lipinski definition) is 8. The summed E-state index contributed by atoms with van der Waals surface area (Å²) in [5, 5.41) is 2.74. The van der Waals surface area contributed by atoms with Crippen molar-refractivity contribution in [1.29, 1.82) is 0 Å². The van der Waals surface area contributed by atoms with Crippen LogP contribution in [0, 0.1) is 6.92 Å². The van der Waals surface area contributed by atoms with Gasteiger partial charge in [-0.1, -0.05) is 11.8 Å². The van der Waals surface area contributed by atoms with Gasteiger partial charge in [-0.05, 0) is 54.3 Å². The third-order valence-corrected chi connectivity index (χ3v) is 7.36. The maximum absolute atomic E-state index is 12.8. The number of aryl methyl sites for hydroxylation is 1. The van der Waals surface area contributed by atoms with Crippen molar-refractivity contribution in [2.75, 3.05) is 0 Å². The van der Waals surface area contributed by atoms with Crippen molar-refractivity contribution in [2.45, 2.75) is 11.8 Å². The molecule has 0 aliphatic rings. The minimum absolute atomic E-state index is 0.0142. The number of pyridine rings is 1. The Morgan fingerprint density at radius 1 is 1.07 bits per heavy atom. The van der Waals surface area contributed by atoms with Crippen molar-refractivity contribution >= 4 is 56.1 Å². The molecule has 1 aromatic carbocycles. The zero-order valence-corrected chi connectivity index (χ0v) is 17.8. The second kappa shape index (κ2) is 7.60. The number of aromatic nitrogens is 3. The lowest BCUT2D eigenvalue weighted by atomic mass is 10.2. The number of hydrogen-bond donors (Lipinski definition) is 0. The number of benzene rings is 1. The Kier molecular flexibility index (Phi) is 5.16. The van der Waals surface area contributed by atoms with Gasteiger partial charge in [0.15, 0.2) is 5.82 Å². The van der Waals surface area contributed by atoms with E-state index < -0.39 is 10.1 Å². The van der Waals surface area contributed by atoms with Crippen LogP contribution < -0.4 is 9.49 Å². The minimum atomic E-state index is -4.05. The molecule has 4 aromatic rings. The fourth-order valence-corrected chi connectivity index (χ4v) is 5.01. The Bertz CT molecular complexity index is 1270. The Hall–Kier alpha value is -2.32. The molecule has 140 valence electrons. The summed E-state index contributed by atoms with van der Waals surface area (Å²) in [7, 11) is -3.40. The number of rotatable bonds is 5. The molecule has 28 heavy (non-hydrogen) atoms. The van der Waals surface area contributed by atoms with Crippen LogP contribution in [-0.2, 0) is 21.9 Å². The fraction of sp³-hybridized carbons (Fsp3) is 0.0556. The molecule has 0 spiro atoms. The van der Waals surface area contributed by atoms with Gasteiger partial charge < -0.3 is 4.18 Å². The molecular formula is C18H12N3O3PS3. The molecule has 0 atom stereocenters. The monoisotopic (exact) mass is 445 g/mol. The molecule has 6 nitrogen and oxygen atoms in total. The van der Waals surface area contributed by atoms with Crippen molar-refractivity contribution in [3.8, 4) is 17.3 Å². The summed E-state index contributed by atoms with van der Waals surface area (Å²) < 4.78 is 31.6. The van der Waals surface area contributed by atoms with Crippen molar-refractivity contribution < 1.29 is 12.6 Å². The zero-order chi connectivity index (χ0) is 19.7. The average Bonchev–Trinajstić information content (AvgIpc) is 3.10. The summed E-state index contributed by atoms with van der Waals surface area (Å²) in [6, 6.07) is 9.80. The first-order valence-corrected chi connectivity index (χ1v) is 12.2. The van der Waals surface area contributed by atoms with E-state index >= 15 is 0 Å². The maximum atomic E-state index is 12.8. The van der Waals surface area contributed by atoms with Gasteiger partial charge in [-0.3, -0.25) is 4.98 Å². The van der Waals surface area contributed by atoms with Gasteiger partial charge in [0.2, 0.25) is 0 Å². The predicted octanol–water partition coefficient (Wildman–Crippen LogP) is 3.86. The average molecular weight is 445 g/mol. The van der Waals surface area contributed by atoms with Gasteiger partial charge in [-0.2, -0.15) is 13.4 Å². The molecule has 0 aliphatic heterocycles. The highest BCUT2D eigenvalue weighted by molar-refractivity contribution is 7.99. The molecule has 0 saturated heterocycles. The van der Waals surface area contributed by atoms with E-state index in [4.69, 9.17) is 16.0 Å². The first kappa shape index (κ1) is 19.0. The van der Waals surface area contributed by atoms with Crippen LogP contribution >= 0.6 is 18.7 Å². The summed E-state index contributed by atoms with van der Waals surface area (Å²) in [6.07, 6.45) is 3.25. The van der Waals surface area contributed by atoms with Crippen LogP contribution in [-0.4, -0.2) is 23.4 Å². The van der Waals surface area contributed by atoms with Crippen LogP contribution in [0.4, 0.5) is 0 Å². The number of nitrogens with zero attached hydrogens (tertiary/aromatic N) is 3. The van der Waals surface area contributed by atoms with Crippen molar-refractivity contribution in [3.63, 3.8) is 0 Å². The van der Waals surface area contributed by atoms with Crippen LogP contribution in [0.1, 0.15) is 5.56 Å². The lowest BCUT2D eigenvalue weighted by molar-refractivity contribution is 0.479. The highest BCUT2D eigenvalue weighted by atomic mass is 32.4. The second-order valence-electron chi connectivity index (χ2n) is 5.81. The molecule has 10 heteroatoms. The first-order chi connectivity index (χ1) is 13.5. The SMILES string of the molecule is Cc1csc2c(OS(=O)(=O)c3ccc(P=S)cc3)nc(-c3ccncc3)nc12. The molecule has 0 N–H and O–H groups in total. The predicted molar refractivity (Wildman–Crippen MR) is 114 cm³/mol. The summed E-state index contributed by atoms with van der Waals surface area (Å²) in [4.78, 5) is 13.0. The summed E-state index contributed by atoms with van der Waals surface area (Å²) >= 11 is 6.29. The molecule has 0 bridgehead atoms. The van der Waals surface area contributed by atoms with E-state index in [0.29, 0.717) is 23.4 Å². The number of thiophene rings is 1. The van der Waals surface area contributed by atoms with E-state index in [0.717, 1.165) is 16.4 Å². The summed E-state index contributed by atoms with van der Waals surface area (Å²) in [5.41, 5.74) is 2.31. The van der Waals surface area contributed by atoms with Crippen LogP contribution in [0.25, 0.3) is 21.6 Å². The third kappa shape index (κ3) is 3.66. The maximum Gasteiger partial charge on any atom is 0.340 e. The Balaban J connectivity index is 1.82. The lowest BCUT2D eigenvalue weighted by Crippen LogP contribution is -2.12. The zero-order valence-electron chi connectivity index (χ0n) is 14.4. The Labute approximate surface area is 172 Å². The third-order valence-electron chi connectivity index (χ3n) is 3.92. The van der Waals surface area contributed by atoms with E-state index in [-0.39, 0.29) is 10.8 Å². The van der Waals surface area contributed by atoms with Gasteiger partial charge in [0, 0.05) is 30.6 Å². The van der Waals surface area contributed by atoms with Crippen molar-refractivity contribution in [3.05, 3.63) is 59.7 Å². The fourth-order valence-electron chi connectivity index (χ4n) is 2.52. The Morgan fingerprint density at radius 2 is 1.79 bits per heavy atom. The van der Waals surface area contributed by atoms with E-state index in [1.165, 1.54) is 23.5 Å². The quantitative estimate of drug-likeness (QED) is 0.341. The molecule has 0 amide bonds. The van der Waals surface area contributed by atoms with Crippen LogP contribution in [0.5, 0.6) is 5.88 Å². The minimum Gasteiger partial charge on any atom is -0.356 e. The van der Waals surface area contributed by atoms with Gasteiger partial charge >= 0.3 is 10.1 Å². The van der Waals surface area contributed by atoms with E-state index in [1.54, 1.807) is 36.7 Å². The largest absolute Gasteiger partial charge is 0.356 e. The van der Waals surface area contributed by atoms with Gasteiger partial charge in [0.05, 0.1) is 5.52 Å². The van der Waals surface area contributed by atoms with Crippen LogP contribution in [0.3, 0.4) is 0 Å². The van der Waals surface area contributed by atoms with Crippen LogP contribution in [0.15, 0.2) is 59.1 Å². The first-order valence-electron chi connectivity index (χ1n) is 8.02. The molecular weight excluding hydrogens is 433 g/mol. The van der Waals surface area contributed by atoms with E-state index in [9.17, 15) is 8.42 Å². The van der Waals surface area contributed by atoms with Gasteiger partial charge in [0.25, 0.3) is 5.88 Å². The topological polar surface area (TPSA) is 82.0 Å². The molecule has 3 aromatic heterocycles. The molecule has 0 fully saturated rings. The second-order valence-corrected chi connectivity index (χ2v) is 9.48. The summed E-state index contributed by atoms with van der Waals surface area (Å²) in [5.74, 6) is 0.391. The van der Waals surface area contributed by atoms with Crippen molar-refractivity contribution in [1.82, 2.24) is 15.0 Å². The molecule has 0 unspecified atom stereocenters. The molecule has 0 saturated carbocycles. The Morgan fingerprint density at radius 3 is 2.46 bits per heavy atom. The van der Waals surface area contributed by atoms with E-state index in [1.807, 2.05) is 12.3 Å². The smallest absolute Gasteiger partial charge is 0.340 e. The van der Waals surface area contributed by atoms with Crippen LogP contribution in [0.2, 0.25) is 0 Å². The number of fused-ring (bicyclic) bond motifs is 1. The van der Waals surface area contributed by atoms with Crippen molar-refractivity contribution in [2.24, 2.45) is 0 Å². The van der Waals surface area contributed by atoms with Gasteiger partial charge in [-0.25, -0.2) is 4.98 Å². The lowest BCUT2D eigenvalue weighted by Gasteiger charge is -2.09. The highest BCUT2D eigenvalue weighted by Gasteiger charge is 2.22. The molecule has 0 radical (unpaired) electrons. The van der Waals surface area contributed by atoms with Gasteiger partial charge in [-0.15, -0.1) is 11.3 Å². The molecule has 0 aliphatic carbocycles. The van der Waals surface area contributed by atoms with Gasteiger partial charge in [0.1, 0.15) is 9.60 Å². The van der Waals surface area contributed by atoms with E-state index in [2.05, 4.69) is 15.0 Å². The molecule has 3 heterocycles.